The summed E-state index contributed by atoms with van der Waals surface area (Å²) in [6.45, 7) is 4.84. The number of esters is 1. The van der Waals surface area contributed by atoms with E-state index in [9.17, 15) is 4.79 Å². The molecule has 0 fully saturated rings. The molecule has 4 heteroatoms. The summed E-state index contributed by atoms with van der Waals surface area (Å²) in [6.07, 6.45) is -0.341. The van der Waals surface area contributed by atoms with Gasteiger partial charge in [0.2, 0.25) is 0 Å². The summed E-state index contributed by atoms with van der Waals surface area (Å²) in [4.78, 5) is 13.1. The van der Waals surface area contributed by atoms with Gasteiger partial charge in [-0.2, -0.15) is 0 Å². The molecule has 0 aliphatic carbocycles. The van der Waals surface area contributed by atoms with Crippen LogP contribution in [-0.2, 0) is 18.0 Å². The van der Waals surface area contributed by atoms with E-state index in [4.69, 9.17) is 14.2 Å². The summed E-state index contributed by atoms with van der Waals surface area (Å²) < 4.78 is 18.1. The number of rotatable bonds is 10. The van der Waals surface area contributed by atoms with Crippen LogP contribution >= 0.6 is 0 Å². The Morgan fingerprint density at radius 2 is 1.17 bits per heavy atom. The van der Waals surface area contributed by atoms with Crippen LogP contribution in [0.4, 0.5) is 0 Å². The van der Waals surface area contributed by atoms with Crippen molar-refractivity contribution in [2.24, 2.45) is 5.92 Å². The lowest BCUT2D eigenvalue weighted by molar-refractivity contribution is 0.0176. The van der Waals surface area contributed by atoms with Crippen molar-refractivity contribution in [3.8, 4) is 11.5 Å². The molecule has 4 rings (SSSR count). The van der Waals surface area contributed by atoms with E-state index in [1.807, 2.05) is 105 Å². The monoisotopic (exact) mass is 466 g/mol. The molecule has 35 heavy (non-hydrogen) atoms. The van der Waals surface area contributed by atoms with Gasteiger partial charge < -0.3 is 14.2 Å². The lowest BCUT2D eigenvalue weighted by Crippen LogP contribution is -2.16. The normalized spacial score (nSPS) is 11.6. The highest BCUT2D eigenvalue weighted by atomic mass is 16.5. The van der Waals surface area contributed by atoms with Gasteiger partial charge >= 0.3 is 5.97 Å². The molecule has 1 atom stereocenters. The van der Waals surface area contributed by atoms with E-state index < -0.39 is 5.97 Å². The van der Waals surface area contributed by atoms with Gasteiger partial charge in [0.1, 0.15) is 19.3 Å². The van der Waals surface area contributed by atoms with Crippen LogP contribution in [0.2, 0.25) is 0 Å². The molecular weight excluding hydrogens is 436 g/mol. The maximum Gasteiger partial charge on any atom is 0.338 e. The van der Waals surface area contributed by atoms with E-state index >= 15 is 0 Å². The van der Waals surface area contributed by atoms with Crippen LogP contribution in [0.15, 0.2) is 109 Å². The van der Waals surface area contributed by atoms with Gasteiger partial charge in [0.15, 0.2) is 11.5 Å². The first-order valence-electron chi connectivity index (χ1n) is 11.8. The Labute approximate surface area is 207 Å². The first-order chi connectivity index (χ1) is 17.1. The van der Waals surface area contributed by atoms with Crippen molar-refractivity contribution in [3.05, 3.63) is 131 Å². The fraction of sp³-hybridized carbons (Fsp3) is 0.194. The number of ether oxygens (including phenoxy) is 3. The minimum Gasteiger partial charge on any atom is -0.485 e. The van der Waals surface area contributed by atoms with Crippen molar-refractivity contribution in [1.82, 2.24) is 0 Å². The third-order valence-corrected chi connectivity index (χ3v) is 5.62. The topological polar surface area (TPSA) is 44.8 Å². The van der Waals surface area contributed by atoms with Crippen LogP contribution in [0, 0.1) is 5.92 Å². The summed E-state index contributed by atoms with van der Waals surface area (Å²) in [6, 6.07) is 34.8. The van der Waals surface area contributed by atoms with Gasteiger partial charge in [-0.3, -0.25) is 0 Å². The molecule has 0 spiro atoms. The zero-order chi connectivity index (χ0) is 24.5. The van der Waals surface area contributed by atoms with Crippen LogP contribution in [0.3, 0.4) is 0 Å². The van der Waals surface area contributed by atoms with E-state index in [2.05, 4.69) is 0 Å². The van der Waals surface area contributed by atoms with Gasteiger partial charge in [-0.15, -0.1) is 0 Å². The predicted molar refractivity (Wildman–Crippen MR) is 137 cm³/mol. The SMILES string of the molecule is CC(C)[C@H](OC(=O)c1ccc(OCc2ccccc2)c(OCc2ccccc2)c1)c1ccccc1. The Morgan fingerprint density at radius 3 is 1.71 bits per heavy atom. The summed E-state index contributed by atoms with van der Waals surface area (Å²) in [7, 11) is 0. The predicted octanol–water partition coefficient (Wildman–Crippen LogP) is 7.40. The second-order valence-electron chi connectivity index (χ2n) is 8.69. The zero-order valence-corrected chi connectivity index (χ0v) is 20.1. The molecule has 0 heterocycles. The first-order valence-corrected chi connectivity index (χ1v) is 11.8. The maximum atomic E-state index is 13.1. The highest BCUT2D eigenvalue weighted by molar-refractivity contribution is 5.90. The fourth-order valence-corrected chi connectivity index (χ4v) is 3.75. The Hall–Kier alpha value is -4.05. The molecule has 0 N–H and O–H groups in total. The highest BCUT2D eigenvalue weighted by Gasteiger charge is 2.22. The molecule has 4 nitrogen and oxygen atoms in total. The minimum absolute atomic E-state index is 0.128. The second-order valence-corrected chi connectivity index (χ2v) is 8.69. The van der Waals surface area contributed by atoms with Crippen molar-refractivity contribution >= 4 is 5.97 Å². The zero-order valence-electron chi connectivity index (χ0n) is 20.1. The lowest BCUT2D eigenvalue weighted by atomic mass is 9.99. The number of carbonyl (C=O) groups is 1. The summed E-state index contributed by atoms with van der Waals surface area (Å²) in [5, 5.41) is 0. The van der Waals surface area contributed by atoms with E-state index in [1.165, 1.54) is 0 Å². The molecule has 0 aromatic heterocycles. The molecule has 0 saturated heterocycles. The summed E-state index contributed by atoms with van der Waals surface area (Å²) in [5.74, 6) is 0.806. The van der Waals surface area contributed by atoms with Crippen LogP contribution in [-0.4, -0.2) is 5.97 Å². The van der Waals surface area contributed by atoms with Gasteiger partial charge in [0, 0.05) is 0 Å². The third-order valence-electron chi connectivity index (χ3n) is 5.62. The quantitative estimate of drug-likeness (QED) is 0.228. The lowest BCUT2D eigenvalue weighted by Gasteiger charge is -2.22. The van der Waals surface area contributed by atoms with Crippen LogP contribution in [0.1, 0.15) is 47.0 Å². The third kappa shape index (κ3) is 6.73. The molecule has 0 saturated carbocycles. The fourth-order valence-electron chi connectivity index (χ4n) is 3.75. The van der Waals surface area contributed by atoms with Gasteiger partial charge in [-0.1, -0.05) is 105 Å². The van der Waals surface area contributed by atoms with Crippen LogP contribution < -0.4 is 9.47 Å². The number of carbonyl (C=O) groups excluding carboxylic acids is 1. The molecule has 4 aromatic carbocycles. The van der Waals surface area contributed by atoms with Crippen LogP contribution in [0.5, 0.6) is 11.5 Å². The van der Waals surface area contributed by atoms with Crippen molar-refractivity contribution < 1.29 is 19.0 Å². The molecule has 0 aliphatic heterocycles. The average Bonchev–Trinajstić information content (AvgIpc) is 2.91. The number of hydrogen-bond acceptors (Lipinski definition) is 4. The van der Waals surface area contributed by atoms with Crippen molar-refractivity contribution in [3.63, 3.8) is 0 Å². The number of benzene rings is 4. The Balaban J connectivity index is 1.55. The van der Waals surface area contributed by atoms with Gasteiger partial charge in [-0.25, -0.2) is 4.79 Å². The largest absolute Gasteiger partial charge is 0.485 e. The standard InChI is InChI=1S/C31H30O4/c1-23(2)30(26-16-10-5-11-17-26)35-31(32)27-18-19-28(33-21-24-12-6-3-7-13-24)29(20-27)34-22-25-14-8-4-9-15-25/h3-20,23,30H,21-22H2,1-2H3/t30-/m0/s1. The molecule has 0 bridgehead atoms. The van der Waals surface area contributed by atoms with Crippen molar-refractivity contribution in [1.29, 1.82) is 0 Å². The number of hydrogen-bond donors (Lipinski definition) is 0. The van der Waals surface area contributed by atoms with E-state index in [1.54, 1.807) is 18.2 Å². The first kappa shape index (κ1) is 24.1. The molecule has 0 amide bonds. The highest BCUT2D eigenvalue weighted by Crippen LogP contribution is 2.32. The molecule has 0 unspecified atom stereocenters. The van der Waals surface area contributed by atoms with E-state index in [0.717, 1.165) is 16.7 Å². The molecule has 4 aromatic rings. The Morgan fingerprint density at radius 1 is 0.657 bits per heavy atom. The molecular formula is C31H30O4. The van der Waals surface area contributed by atoms with Gasteiger partial charge in [0.05, 0.1) is 5.56 Å². The average molecular weight is 467 g/mol. The Bertz CT molecular complexity index is 1200. The molecule has 178 valence electrons. The molecule has 0 radical (unpaired) electrons. The van der Waals surface area contributed by atoms with Crippen molar-refractivity contribution in [2.75, 3.05) is 0 Å². The van der Waals surface area contributed by atoms with E-state index in [0.29, 0.717) is 30.3 Å². The Kier molecular flexibility index (Phi) is 8.18. The smallest absolute Gasteiger partial charge is 0.338 e. The van der Waals surface area contributed by atoms with Crippen LogP contribution in [0.25, 0.3) is 0 Å². The van der Waals surface area contributed by atoms with Gasteiger partial charge in [-0.05, 0) is 40.8 Å². The summed E-state index contributed by atoms with van der Waals surface area (Å²) >= 11 is 0. The van der Waals surface area contributed by atoms with Crippen molar-refractivity contribution in [2.45, 2.75) is 33.2 Å². The van der Waals surface area contributed by atoms with E-state index in [-0.39, 0.29) is 12.0 Å². The molecule has 0 aliphatic rings. The minimum atomic E-state index is -0.397. The van der Waals surface area contributed by atoms with Gasteiger partial charge in [0.25, 0.3) is 0 Å². The maximum absolute atomic E-state index is 13.1. The summed E-state index contributed by atoms with van der Waals surface area (Å²) in [5.41, 5.74) is 3.46. The second kappa shape index (κ2) is 11.9.